The minimum atomic E-state index is -4.58. The van der Waals surface area contributed by atoms with Crippen LogP contribution in [0.4, 0.5) is 0 Å². The lowest BCUT2D eigenvalue weighted by Gasteiger charge is -2.29. The smallest absolute Gasteiger partial charge is 0.268 e. The van der Waals surface area contributed by atoms with Gasteiger partial charge in [-0.25, -0.2) is 0 Å². The number of allylic oxidation sites excluding steroid dienone is 3. The zero-order chi connectivity index (χ0) is 37.2. The first kappa shape index (κ1) is 49.0. The number of nitrogens with one attached hydrogen (secondary N) is 1. The molecule has 8 nitrogen and oxygen atoms in total. The molecule has 0 rings (SSSR count). The Morgan fingerprint density at radius 3 is 1.56 bits per heavy atom. The molecule has 0 aliphatic carbocycles. The van der Waals surface area contributed by atoms with E-state index in [-0.39, 0.29) is 19.1 Å². The van der Waals surface area contributed by atoms with Crippen LogP contribution in [0.5, 0.6) is 0 Å². The number of carbonyl (C=O) groups excluding carboxylic acids is 1. The number of likely N-dealkylation sites (N-methyl/N-ethyl adjacent to an activating group) is 1. The monoisotopic (exact) mass is 729 g/mol. The van der Waals surface area contributed by atoms with Crippen LogP contribution in [0.15, 0.2) is 24.3 Å². The number of rotatable bonds is 37. The normalized spacial score (nSPS) is 14.8. The highest BCUT2D eigenvalue weighted by molar-refractivity contribution is 7.45. The molecule has 1 amide bonds. The van der Waals surface area contributed by atoms with Crippen molar-refractivity contribution in [1.82, 2.24) is 5.32 Å². The van der Waals surface area contributed by atoms with Crippen LogP contribution in [0.3, 0.4) is 0 Å². The van der Waals surface area contributed by atoms with Crippen molar-refractivity contribution in [2.75, 3.05) is 40.9 Å². The number of hydrogen-bond donors (Lipinski definition) is 2. The number of phosphoric ester groups is 1. The molecule has 0 aliphatic rings. The highest BCUT2D eigenvalue weighted by Gasteiger charge is 2.23. The predicted molar refractivity (Wildman–Crippen MR) is 210 cm³/mol. The molecule has 0 heterocycles. The van der Waals surface area contributed by atoms with Gasteiger partial charge < -0.3 is 28.8 Å². The number of aliphatic hydroxyl groups is 1. The lowest BCUT2D eigenvalue weighted by Crippen LogP contribution is -2.45. The number of hydrogen-bond acceptors (Lipinski definition) is 6. The molecule has 0 aliphatic heterocycles. The number of phosphoric acid groups is 1. The minimum Gasteiger partial charge on any atom is -0.756 e. The molecule has 50 heavy (non-hydrogen) atoms. The average molecular weight is 729 g/mol. The quantitative estimate of drug-likeness (QED) is 0.0285. The Labute approximate surface area is 309 Å². The molecule has 0 radical (unpaired) electrons. The number of quaternary nitrogens is 1. The van der Waals surface area contributed by atoms with Gasteiger partial charge >= 0.3 is 0 Å². The van der Waals surface area contributed by atoms with Crippen molar-refractivity contribution >= 4 is 13.7 Å². The topological polar surface area (TPSA) is 108 Å². The Bertz CT molecular complexity index is 876. The van der Waals surface area contributed by atoms with Gasteiger partial charge in [0.1, 0.15) is 13.2 Å². The number of aliphatic hydroxyl groups excluding tert-OH is 1. The first-order valence-corrected chi connectivity index (χ1v) is 22.2. The van der Waals surface area contributed by atoms with Gasteiger partial charge in [-0.1, -0.05) is 154 Å². The van der Waals surface area contributed by atoms with Crippen molar-refractivity contribution in [3.63, 3.8) is 0 Å². The molecule has 9 heteroatoms. The molecule has 0 saturated carbocycles. The van der Waals surface area contributed by atoms with Crippen LogP contribution in [-0.2, 0) is 18.4 Å². The van der Waals surface area contributed by atoms with E-state index in [0.717, 1.165) is 38.5 Å². The Kier molecular flexibility index (Phi) is 33.1. The Balaban J connectivity index is 4.43. The summed E-state index contributed by atoms with van der Waals surface area (Å²) in [6, 6.07) is -0.883. The zero-order valence-corrected chi connectivity index (χ0v) is 34.2. The summed E-state index contributed by atoms with van der Waals surface area (Å²) in [5.41, 5.74) is 0. The molecule has 1 unspecified atom stereocenters. The van der Waals surface area contributed by atoms with Crippen molar-refractivity contribution in [1.29, 1.82) is 0 Å². The van der Waals surface area contributed by atoms with Crippen molar-refractivity contribution in [2.24, 2.45) is 0 Å². The summed E-state index contributed by atoms with van der Waals surface area (Å²) in [5.74, 6) is -0.204. The number of carbonyl (C=O) groups is 1. The van der Waals surface area contributed by atoms with Crippen LogP contribution in [0.25, 0.3) is 0 Å². The first-order chi connectivity index (χ1) is 24.0. The van der Waals surface area contributed by atoms with E-state index in [0.29, 0.717) is 17.4 Å². The summed E-state index contributed by atoms with van der Waals surface area (Å²) in [5, 5.41) is 13.7. The van der Waals surface area contributed by atoms with Crippen molar-refractivity contribution in [3.8, 4) is 0 Å². The van der Waals surface area contributed by atoms with Crippen LogP contribution in [0, 0.1) is 0 Å². The van der Waals surface area contributed by atoms with Crippen LogP contribution >= 0.6 is 7.82 Å². The number of nitrogens with zero attached hydrogens (tertiary/aromatic N) is 1. The largest absolute Gasteiger partial charge is 0.756 e. The third kappa shape index (κ3) is 35.4. The third-order valence-electron chi connectivity index (χ3n) is 9.16. The molecule has 0 aromatic heterocycles. The molecule has 0 spiro atoms. The highest BCUT2D eigenvalue weighted by Crippen LogP contribution is 2.38. The summed E-state index contributed by atoms with van der Waals surface area (Å²) in [7, 11) is 1.26. The lowest BCUT2D eigenvalue weighted by molar-refractivity contribution is -0.870. The molecule has 0 bridgehead atoms. The van der Waals surface area contributed by atoms with E-state index < -0.39 is 20.0 Å². The van der Waals surface area contributed by atoms with E-state index in [1.807, 2.05) is 27.2 Å². The van der Waals surface area contributed by atoms with Crippen LogP contribution < -0.4 is 10.2 Å². The molecule has 2 N–H and O–H groups in total. The maximum Gasteiger partial charge on any atom is 0.268 e. The second kappa shape index (κ2) is 33.8. The van der Waals surface area contributed by atoms with Gasteiger partial charge in [0.15, 0.2) is 0 Å². The Morgan fingerprint density at radius 1 is 0.680 bits per heavy atom. The van der Waals surface area contributed by atoms with Gasteiger partial charge in [-0.15, -0.1) is 0 Å². The minimum absolute atomic E-state index is 0.00113. The van der Waals surface area contributed by atoms with E-state index >= 15 is 0 Å². The maximum absolute atomic E-state index is 12.8. The number of unbranched alkanes of at least 4 members (excludes halogenated alkanes) is 22. The fourth-order valence-electron chi connectivity index (χ4n) is 5.79. The van der Waals surface area contributed by atoms with Crippen molar-refractivity contribution in [2.45, 2.75) is 193 Å². The van der Waals surface area contributed by atoms with Crippen molar-refractivity contribution < 1.29 is 32.9 Å². The Morgan fingerprint density at radius 2 is 1.10 bits per heavy atom. The lowest BCUT2D eigenvalue weighted by atomic mass is 10.1. The van der Waals surface area contributed by atoms with Crippen LogP contribution in [-0.4, -0.2) is 68.5 Å². The fourth-order valence-corrected chi connectivity index (χ4v) is 6.52. The molecule has 0 aromatic rings. The van der Waals surface area contributed by atoms with E-state index in [2.05, 4.69) is 31.3 Å². The summed E-state index contributed by atoms with van der Waals surface area (Å²) < 4.78 is 23.1. The van der Waals surface area contributed by atoms with Gasteiger partial charge in [0.25, 0.3) is 7.82 Å². The van der Waals surface area contributed by atoms with Crippen molar-refractivity contribution in [3.05, 3.63) is 24.3 Å². The molecule has 0 fully saturated rings. The summed E-state index contributed by atoms with van der Waals surface area (Å²) >= 11 is 0. The first-order valence-electron chi connectivity index (χ1n) is 20.7. The summed E-state index contributed by atoms with van der Waals surface area (Å²) in [6.45, 7) is 4.61. The fraction of sp³-hybridized carbons (Fsp3) is 0.878. The van der Waals surface area contributed by atoms with Gasteiger partial charge in [-0.05, 0) is 44.9 Å². The second-order valence-corrected chi connectivity index (χ2v) is 16.8. The van der Waals surface area contributed by atoms with E-state index in [9.17, 15) is 19.4 Å². The molecular formula is C41H81N2O6P. The summed E-state index contributed by atoms with van der Waals surface area (Å²) in [4.78, 5) is 25.2. The second-order valence-electron chi connectivity index (χ2n) is 15.3. The summed E-state index contributed by atoms with van der Waals surface area (Å²) in [6.07, 6.45) is 37.9. The molecule has 0 aromatic carbocycles. The third-order valence-corrected chi connectivity index (χ3v) is 10.1. The van der Waals surface area contributed by atoms with Crippen LogP contribution in [0.2, 0.25) is 0 Å². The highest BCUT2D eigenvalue weighted by atomic mass is 31.2. The number of amides is 1. The van der Waals surface area contributed by atoms with E-state index in [4.69, 9.17) is 9.05 Å². The van der Waals surface area contributed by atoms with Gasteiger partial charge in [0, 0.05) is 6.42 Å². The standard InChI is InChI=1S/C41H81N2O6P/c1-6-8-10-12-14-16-18-19-20-21-22-23-25-27-29-31-33-35-41(45)42-39(38-49-50(46,47)48-37-36-43(3,4)5)40(44)34-32-30-28-26-24-17-15-13-11-9-7-2/h19-20,32,34,39-40,44H,6-18,21-31,33,35-38H2,1-5H3,(H-,42,45,46,47)/b20-19+,34-32+/t39-,40+/m0/s1. The van der Waals surface area contributed by atoms with Gasteiger partial charge in [0.05, 0.1) is 39.9 Å². The molecule has 3 atom stereocenters. The van der Waals surface area contributed by atoms with Gasteiger partial charge in [-0.2, -0.15) is 0 Å². The maximum atomic E-state index is 12.8. The van der Waals surface area contributed by atoms with E-state index in [1.54, 1.807) is 6.08 Å². The average Bonchev–Trinajstić information content (AvgIpc) is 3.06. The Hall–Kier alpha value is -1.02. The van der Waals surface area contributed by atoms with Crippen LogP contribution in [0.1, 0.15) is 181 Å². The molecular weight excluding hydrogens is 647 g/mol. The zero-order valence-electron chi connectivity index (χ0n) is 33.4. The molecule has 0 saturated heterocycles. The van der Waals surface area contributed by atoms with Gasteiger partial charge in [0.2, 0.25) is 5.91 Å². The predicted octanol–water partition coefficient (Wildman–Crippen LogP) is 10.3. The SMILES string of the molecule is CCCCCCCC/C=C/CCCCCCCCCC(=O)N[C@@H](COP(=O)([O-])OCC[N+](C)(C)C)[C@H](O)/C=C/CCCCCCCCCCC. The van der Waals surface area contributed by atoms with Gasteiger partial charge in [-0.3, -0.25) is 9.36 Å². The molecule has 296 valence electrons. The van der Waals surface area contributed by atoms with E-state index in [1.165, 1.54) is 122 Å².